The molecular formula is C17H20ClNO. The zero-order chi connectivity index (χ0) is 14.5. The third kappa shape index (κ3) is 3.53. The van der Waals surface area contributed by atoms with Crippen molar-refractivity contribution >= 4 is 11.6 Å². The maximum absolute atomic E-state index is 6.24. The third-order valence-corrected chi connectivity index (χ3v) is 3.64. The van der Waals surface area contributed by atoms with Crippen molar-refractivity contribution < 1.29 is 4.74 Å². The second kappa shape index (κ2) is 6.78. The van der Waals surface area contributed by atoms with Gasteiger partial charge in [0, 0.05) is 10.6 Å². The highest BCUT2D eigenvalue weighted by atomic mass is 35.5. The van der Waals surface area contributed by atoms with Crippen molar-refractivity contribution in [1.82, 2.24) is 0 Å². The topological polar surface area (TPSA) is 35.2 Å². The second-order valence-electron chi connectivity index (χ2n) is 4.99. The molecule has 3 heteroatoms. The van der Waals surface area contributed by atoms with E-state index < -0.39 is 0 Å². The summed E-state index contributed by atoms with van der Waals surface area (Å²) in [5.41, 5.74) is 10.1. The molecule has 0 aliphatic carbocycles. The molecule has 20 heavy (non-hydrogen) atoms. The van der Waals surface area contributed by atoms with Gasteiger partial charge in [0.05, 0.1) is 0 Å². The van der Waals surface area contributed by atoms with E-state index >= 15 is 0 Å². The molecule has 2 nitrogen and oxygen atoms in total. The van der Waals surface area contributed by atoms with Crippen molar-refractivity contribution in [3.8, 4) is 5.75 Å². The van der Waals surface area contributed by atoms with E-state index in [0.717, 1.165) is 39.4 Å². The molecule has 106 valence electrons. The van der Waals surface area contributed by atoms with Crippen LogP contribution >= 0.6 is 11.6 Å². The van der Waals surface area contributed by atoms with Gasteiger partial charge in [-0.05, 0) is 49.6 Å². The Bertz CT molecular complexity index is 596. The SMILES string of the molecule is Cc1ccc(COc2c(C)cccc2CCN)c(Cl)c1. The molecule has 0 bridgehead atoms. The van der Waals surface area contributed by atoms with Gasteiger partial charge in [-0.25, -0.2) is 0 Å². The first-order valence-electron chi connectivity index (χ1n) is 6.78. The molecule has 0 fully saturated rings. The fraction of sp³-hybridized carbons (Fsp3) is 0.294. The number of ether oxygens (including phenoxy) is 1. The molecule has 0 saturated carbocycles. The van der Waals surface area contributed by atoms with Gasteiger partial charge in [0.2, 0.25) is 0 Å². The number of para-hydroxylation sites is 1. The van der Waals surface area contributed by atoms with Crippen LogP contribution in [0.25, 0.3) is 0 Å². The van der Waals surface area contributed by atoms with Crippen molar-refractivity contribution in [2.45, 2.75) is 26.9 Å². The number of rotatable bonds is 5. The van der Waals surface area contributed by atoms with Crippen molar-refractivity contribution in [3.05, 3.63) is 63.7 Å². The average Bonchev–Trinajstić information content (AvgIpc) is 2.40. The molecule has 2 aromatic carbocycles. The number of aryl methyl sites for hydroxylation is 2. The predicted molar refractivity (Wildman–Crippen MR) is 84.5 cm³/mol. The number of nitrogens with two attached hydrogens (primary N) is 1. The van der Waals surface area contributed by atoms with E-state index in [1.807, 2.05) is 44.2 Å². The van der Waals surface area contributed by atoms with Gasteiger partial charge in [-0.2, -0.15) is 0 Å². The van der Waals surface area contributed by atoms with Crippen LogP contribution in [0.15, 0.2) is 36.4 Å². The quantitative estimate of drug-likeness (QED) is 0.902. The van der Waals surface area contributed by atoms with Gasteiger partial charge in [-0.1, -0.05) is 41.9 Å². The van der Waals surface area contributed by atoms with Crippen LogP contribution < -0.4 is 10.5 Å². The highest BCUT2D eigenvalue weighted by molar-refractivity contribution is 6.31. The summed E-state index contributed by atoms with van der Waals surface area (Å²) >= 11 is 6.24. The first-order valence-corrected chi connectivity index (χ1v) is 7.16. The van der Waals surface area contributed by atoms with E-state index in [1.165, 1.54) is 0 Å². The van der Waals surface area contributed by atoms with Crippen LogP contribution in [0, 0.1) is 13.8 Å². The van der Waals surface area contributed by atoms with E-state index in [0.29, 0.717) is 13.2 Å². The molecule has 0 heterocycles. The van der Waals surface area contributed by atoms with Crippen LogP contribution in [0.2, 0.25) is 5.02 Å². The lowest BCUT2D eigenvalue weighted by molar-refractivity contribution is 0.301. The Hall–Kier alpha value is -1.51. The molecule has 0 amide bonds. The number of halogens is 1. The standard InChI is InChI=1S/C17H20ClNO/c1-12-6-7-15(16(18)10-12)11-20-17-13(2)4-3-5-14(17)8-9-19/h3-7,10H,8-9,11,19H2,1-2H3. The van der Waals surface area contributed by atoms with Crippen molar-refractivity contribution in [1.29, 1.82) is 0 Å². The van der Waals surface area contributed by atoms with Crippen LogP contribution in [0.5, 0.6) is 5.75 Å². The zero-order valence-corrected chi connectivity index (χ0v) is 12.7. The number of benzene rings is 2. The Balaban J connectivity index is 2.18. The largest absolute Gasteiger partial charge is 0.488 e. The van der Waals surface area contributed by atoms with Crippen molar-refractivity contribution in [3.63, 3.8) is 0 Å². The monoisotopic (exact) mass is 289 g/mol. The molecule has 0 aliphatic rings. The van der Waals surface area contributed by atoms with E-state index in [2.05, 4.69) is 6.07 Å². The van der Waals surface area contributed by atoms with Crippen LogP contribution in [-0.4, -0.2) is 6.54 Å². The fourth-order valence-electron chi connectivity index (χ4n) is 2.19. The third-order valence-electron chi connectivity index (χ3n) is 3.29. The maximum Gasteiger partial charge on any atom is 0.125 e. The fourth-order valence-corrected chi connectivity index (χ4v) is 2.48. The summed E-state index contributed by atoms with van der Waals surface area (Å²) in [5, 5.41) is 0.749. The minimum atomic E-state index is 0.474. The van der Waals surface area contributed by atoms with Gasteiger partial charge >= 0.3 is 0 Å². The molecule has 2 rings (SSSR count). The zero-order valence-electron chi connectivity index (χ0n) is 11.9. The van der Waals surface area contributed by atoms with Gasteiger partial charge in [0.1, 0.15) is 12.4 Å². The van der Waals surface area contributed by atoms with Gasteiger partial charge in [-0.3, -0.25) is 0 Å². The summed E-state index contributed by atoms with van der Waals surface area (Å²) in [4.78, 5) is 0. The van der Waals surface area contributed by atoms with Crippen LogP contribution in [0.1, 0.15) is 22.3 Å². The highest BCUT2D eigenvalue weighted by Crippen LogP contribution is 2.26. The second-order valence-corrected chi connectivity index (χ2v) is 5.39. The number of hydrogen-bond acceptors (Lipinski definition) is 2. The van der Waals surface area contributed by atoms with E-state index in [-0.39, 0.29) is 0 Å². The minimum Gasteiger partial charge on any atom is -0.488 e. The first-order chi connectivity index (χ1) is 9.61. The van der Waals surface area contributed by atoms with E-state index in [9.17, 15) is 0 Å². The Morgan fingerprint density at radius 2 is 1.90 bits per heavy atom. The normalized spacial score (nSPS) is 10.6. The molecule has 2 N–H and O–H groups in total. The lowest BCUT2D eigenvalue weighted by Crippen LogP contribution is -2.06. The Labute approximate surface area is 125 Å². The summed E-state index contributed by atoms with van der Waals surface area (Å²) in [5.74, 6) is 0.926. The summed E-state index contributed by atoms with van der Waals surface area (Å²) in [6, 6.07) is 12.2. The molecule has 2 aromatic rings. The maximum atomic E-state index is 6.24. The minimum absolute atomic E-state index is 0.474. The first kappa shape index (κ1) is 14.9. The predicted octanol–water partition coefficient (Wildman–Crippen LogP) is 4.04. The molecular weight excluding hydrogens is 270 g/mol. The van der Waals surface area contributed by atoms with Gasteiger partial charge in [-0.15, -0.1) is 0 Å². The van der Waals surface area contributed by atoms with Gasteiger partial charge in [0.25, 0.3) is 0 Å². The Kier molecular flexibility index (Phi) is 5.05. The lowest BCUT2D eigenvalue weighted by atomic mass is 10.1. The van der Waals surface area contributed by atoms with Crippen LogP contribution in [0.4, 0.5) is 0 Å². The summed E-state index contributed by atoms with van der Waals surface area (Å²) < 4.78 is 5.99. The molecule has 0 spiro atoms. The smallest absolute Gasteiger partial charge is 0.125 e. The Morgan fingerprint density at radius 1 is 1.10 bits per heavy atom. The van der Waals surface area contributed by atoms with E-state index in [1.54, 1.807) is 0 Å². The summed E-state index contributed by atoms with van der Waals surface area (Å²) in [6.45, 7) is 5.16. The number of hydrogen-bond donors (Lipinski definition) is 1. The van der Waals surface area contributed by atoms with Gasteiger partial charge < -0.3 is 10.5 Å². The van der Waals surface area contributed by atoms with Gasteiger partial charge in [0.15, 0.2) is 0 Å². The lowest BCUT2D eigenvalue weighted by Gasteiger charge is -2.14. The summed E-state index contributed by atoms with van der Waals surface area (Å²) in [7, 11) is 0. The molecule has 0 aromatic heterocycles. The summed E-state index contributed by atoms with van der Waals surface area (Å²) in [6.07, 6.45) is 0.818. The average molecular weight is 290 g/mol. The van der Waals surface area contributed by atoms with E-state index in [4.69, 9.17) is 22.1 Å². The van der Waals surface area contributed by atoms with Crippen LogP contribution in [-0.2, 0) is 13.0 Å². The molecule has 0 saturated heterocycles. The Morgan fingerprint density at radius 3 is 2.60 bits per heavy atom. The van der Waals surface area contributed by atoms with Crippen LogP contribution in [0.3, 0.4) is 0 Å². The molecule has 0 unspecified atom stereocenters. The van der Waals surface area contributed by atoms with Crippen molar-refractivity contribution in [2.75, 3.05) is 6.54 Å². The molecule has 0 radical (unpaired) electrons. The van der Waals surface area contributed by atoms with Crippen molar-refractivity contribution in [2.24, 2.45) is 5.73 Å². The highest BCUT2D eigenvalue weighted by Gasteiger charge is 2.08. The molecule has 0 atom stereocenters. The molecule has 0 aliphatic heterocycles.